The van der Waals surface area contributed by atoms with Gasteiger partial charge in [-0.05, 0) is 45.0 Å². The molecular weight excluding hydrogens is 347 g/mol. The van der Waals surface area contributed by atoms with Crippen molar-refractivity contribution in [2.75, 3.05) is 12.3 Å². The molecule has 82 valence electrons. The molecule has 4 nitrogen and oxygen atoms in total. The monoisotopic (exact) mass is 350 g/mol. The molecule has 14 heavy (non-hydrogen) atoms. The van der Waals surface area contributed by atoms with Crippen molar-refractivity contribution in [1.29, 1.82) is 0 Å². The van der Waals surface area contributed by atoms with Crippen LogP contribution in [-0.2, 0) is 0 Å². The Labute approximate surface area is 105 Å². The summed E-state index contributed by atoms with van der Waals surface area (Å²) in [6, 6.07) is 0. The van der Waals surface area contributed by atoms with Gasteiger partial charge in [0.2, 0.25) is 6.56 Å². The molecule has 1 fully saturated rings. The lowest BCUT2D eigenvalue weighted by Crippen LogP contribution is -2.01. The number of rotatable bonds is 0. The van der Waals surface area contributed by atoms with Crippen molar-refractivity contribution >= 4 is 74.7 Å². The molecule has 2 aliphatic heterocycles. The van der Waals surface area contributed by atoms with Crippen molar-refractivity contribution in [2.24, 2.45) is 13.5 Å². The molecule has 0 amide bonds. The van der Waals surface area contributed by atoms with E-state index in [1.54, 1.807) is 11.4 Å². The fourth-order valence-electron chi connectivity index (χ4n) is 1.000. The Morgan fingerprint density at radius 2 is 1.64 bits per heavy atom. The highest BCUT2D eigenvalue weighted by atomic mass is 35.9. The summed E-state index contributed by atoms with van der Waals surface area (Å²) >= 11 is 25.4. The Hall–Kier alpha value is 2.16. The van der Waals surface area contributed by atoms with Crippen LogP contribution in [-0.4, -0.2) is 12.3 Å². The maximum Gasteiger partial charge on any atom is 0.257 e. The van der Waals surface area contributed by atoms with E-state index in [4.69, 9.17) is 45.0 Å². The van der Waals surface area contributed by atoms with Gasteiger partial charge >= 0.3 is 0 Å². The number of hydrogen-bond donors (Lipinski definition) is 1. The molecule has 0 bridgehead atoms. The van der Waals surface area contributed by atoms with Crippen LogP contribution in [0.2, 0.25) is 0 Å². The van der Waals surface area contributed by atoms with E-state index in [1.165, 1.54) is 0 Å². The predicted molar refractivity (Wildman–Crippen MR) is 71.9 cm³/mol. The molecule has 2 rings (SSSR count). The van der Waals surface area contributed by atoms with Crippen molar-refractivity contribution in [3.05, 3.63) is 0 Å². The maximum absolute atomic E-state index is 5.94. The fraction of sp³-hybridized carbons (Fsp3) is 1.00. The predicted octanol–water partition coefficient (Wildman–Crippen LogP) is 6.13. The highest BCUT2D eigenvalue weighted by Crippen LogP contribution is 2.87. The van der Waals surface area contributed by atoms with Crippen LogP contribution < -0.4 is 5.09 Å². The molecule has 1 spiro atoms. The van der Waals surface area contributed by atoms with Crippen LogP contribution in [0, 0.1) is 0 Å². The van der Waals surface area contributed by atoms with Gasteiger partial charge in [-0.1, -0.05) is 11.4 Å². The molecule has 1 N–H and O–H groups in total. The van der Waals surface area contributed by atoms with Crippen molar-refractivity contribution in [1.82, 2.24) is 5.09 Å². The molecule has 0 aromatic carbocycles. The van der Waals surface area contributed by atoms with Crippen molar-refractivity contribution in [2.45, 2.75) is 0 Å². The fourth-order valence-corrected chi connectivity index (χ4v) is 21.9. The second-order valence-electron chi connectivity index (χ2n) is 2.47. The zero-order chi connectivity index (χ0) is 10.4. The van der Waals surface area contributed by atoms with Gasteiger partial charge in [-0.25, -0.2) is 0 Å². The average molecular weight is 352 g/mol. The third-order valence-corrected chi connectivity index (χ3v) is 16.3. The molecule has 0 aromatic rings. The molecule has 2 aliphatic rings. The van der Waals surface area contributed by atoms with E-state index >= 15 is 0 Å². The van der Waals surface area contributed by atoms with Gasteiger partial charge in [-0.3, -0.25) is 5.09 Å². The molecular formula is C2H5Cl4N4P3S. The van der Waals surface area contributed by atoms with Gasteiger partial charge in [0.15, 0.2) is 0 Å². The molecule has 1 atom stereocenters. The lowest BCUT2D eigenvalue weighted by atomic mass is 10.8. The van der Waals surface area contributed by atoms with E-state index in [1.807, 2.05) is 0 Å². The summed E-state index contributed by atoms with van der Waals surface area (Å²) in [6.45, 7) is -1.26. The van der Waals surface area contributed by atoms with Crippen LogP contribution >= 0.6 is 74.7 Å². The Kier molecular flexibility index (Phi) is 3.71. The Morgan fingerprint density at radius 3 is 2.14 bits per heavy atom. The van der Waals surface area contributed by atoms with E-state index in [0.29, 0.717) is 0 Å². The molecule has 12 heteroatoms. The summed E-state index contributed by atoms with van der Waals surface area (Å²) in [4.78, 5) is 0. The highest BCUT2D eigenvalue weighted by molar-refractivity contribution is 8.60. The second-order valence-corrected chi connectivity index (χ2v) is 17.5. The van der Waals surface area contributed by atoms with Crippen molar-refractivity contribution in [3.8, 4) is 0 Å². The van der Waals surface area contributed by atoms with Crippen LogP contribution in [0.1, 0.15) is 0 Å². The zero-order valence-corrected chi connectivity index (χ0v) is 13.0. The third-order valence-electron chi connectivity index (χ3n) is 1.36. The average Bonchev–Trinajstić information content (AvgIpc) is 2.27. The first-order chi connectivity index (χ1) is 6.33. The lowest BCUT2D eigenvalue weighted by Gasteiger charge is -2.21. The normalized spacial score (nSPS) is 38.6. The maximum atomic E-state index is 5.94. The van der Waals surface area contributed by atoms with E-state index in [9.17, 15) is 0 Å². The first-order valence-corrected chi connectivity index (χ1v) is 13.7. The van der Waals surface area contributed by atoms with Crippen LogP contribution in [0.25, 0.3) is 0 Å². The molecule has 0 aromatic heterocycles. The van der Waals surface area contributed by atoms with Gasteiger partial charge in [0, 0.05) is 12.3 Å². The minimum Gasteiger partial charge on any atom is -0.257 e. The van der Waals surface area contributed by atoms with Crippen LogP contribution in [0.4, 0.5) is 0 Å². The molecule has 2 heterocycles. The standard InChI is InChI=1S/C2H5Cl4N4P3S/c3-11(4)8-12(5,6)10-13(9-11)7-1-2-14-13/h7H,1-2H2. The van der Waals surface area contributed by atoms with E-state index in [0.717, 1.165) is 12.3 Å². The number of nitrogens with one attached hydrogen (secondary N) is 1. The molecule has 1 saturated heterocycles. The Morgan fingerprint density at radius 1 is 1.00 bits per heavy atom. The van der Waals surface area contributed by atoms with Gasteiger partial charge in [0.25, 0.3) is 11.8 Å². The van der Waals surface area contributed by atoms with Gasteiger partial charge < -0.3 is 0 Å². The third kappa shape index (κ3) is 2.88. The molecule has 0 aliphatic carbocycles. The van der Waals surface area contributed by atoms with Gasteiger partial charge in [0.1, 0.15) is 0 Å². The van der Waals surface area contributed by atoms with Crippen molar-refractivity contribution in [3.63, 3.8) is 0 Å². The van der Waals surface area contributed by atoms with E-state index < -0.39 is 18.4 Å². The Bertz CT molecular complexity index is 403. The minimum absolute atomic E-state index is 0.826. The molecule has 1 unspecified atom stereocenters. The van der Waals surface area contributed by atoms with Crippen LogP contribution in [0.5, 0.6) is 0 Å². The zero-order valence-electron chi connectivity index (χ0n) is 6.52. The first kappa shape index (κ1) is 12.6. The van der Waals surface area contributed by atoms with E-state index in [-0.39, 0.29) is 0 Å². The van der Waals surface area contributed by atoms with Gasteiger partial charge in [0.05, 0.1) is 0 Å². The smallest absolute Gasteiger partial charge is 0.257 e. The topological polar surface area (TPSA) is 49.1 Å². The summed E-state index contributed by atoms with van der Waals surface area (Å²) in [7, 11) is 0. The van der Waals surface area contributed by atoms with E-state index in [2.05, 4.69) is 18.6 Å². The van der Waals surface area contributed by atoms with Crippen molar-refractivity contribution < 1.29 is 0 Å². The number of halogens is 4. The Balaban J connectivity index is 2.62. The second kappa shape index (κ2) is 4.12. The number of hydrogen-bond acceptors (Lipinski definition) is 5. The minimum atomic E-state index is -2.72. The molecule has 0 saturated carbocycles. The number of nitrogens with zero attached hydrogens (tertiary/aromatic N) is 3. The summed E-state index contributed by atoms with van der Waals surface area (Å²) in [5.74, 6) is -4.52. The van der Waals surface area contributed by atoms with Crippen LogP contribution in [0.15, 0.2) is 13.5 Å². The quantitative estimate of drug-likeness (QED) is 0.533. The SMILES string of the molecule is ClP1(Cl)=NP(Cl)(Cl)=NP2(=N1)NCCS2. The van der Waals surface area contributed by atoms with Gasteiger partial charge in [-0.15, -0.1) is 0 Å². The lowest BCUT2D eigenvalue weighted by molar-refractivity contribution is 1.05. The summed E-state index contributed by atoms with van der Waals surface area (Å²) in [6.07, 6.45) is 0. The molecule has 0 radical (unpaired) electrons. The van der Waals surface area contributed by atoms with Crippen LogP contribution in [0.3, 0.4) is 0 Å². The van der Waals surface area contributed by atoms with Gasteiger partial charge in [-0.2, -0.15) is 13.5 Å². The largest absolute Gasteiger partial charge is 0.257 e. The summed E-state index contributed by atoms with van der Waals surface area (Å²) in [5, 5.41) is 3.18. The highest BCUT2D eigenvalue weighted by Gasteiger charge is 2.35. The summed E-state index contributed by atoms with van der Waals surface area (Å²) in [5.41, 5.74) is 0. The summed E-state index contributed by atoms with van der Waals surface area (Å²) < 4.78 is 12.4. The first-order valence-electron chi connectivity index (χ1n) is 3.42.